The Labute approximate surface area is 90.5 Å². The maximum absolute atomic E-state index is 6.04. The van der Waals surface area contributed by atoms with Crippen LogP contribution in [-0.4, -0.2) is 12.1 Å². The molecule has 0 amide bonds. The smallest absolute Gasteiger partial charge is 0.181 e. The fourth-order valence-corrected chi connectivity index (χ4v) is 2.40. The molecular weight excluding hydrogens is 220 g/mol. The van der Waals surface area contributed by atoms with Crippen LogP contribution in [0.2, 0.25) is 5.02 Å². The van der Waals surface area contributed by atoms with Gasteiger partial charge in [0.1, 0.15) is 11.3 Å². The number of halogens is 1. The van der Waals surface area contributed by atoms with E-state index in [4.69, 9.17) is 22.1 Å². The van der Waals surface area contributed by atoms with Crippen LogP contribution in [0.1, 0.15) is 5.56 Å². The van der Waals surface area contributed by atoms with Gasteiger partial charge in [-0.2, -0.15) is 0 Å². The zero-order chi connectivity index (χ0) is 10.3. The predicted molar refractivity (Wildman–Crippen MR) is 60.3 cm³/mol. The Morgan fingerprint density at radius 2 is 2.29 bits per heavy atom. The summed E-state index contributed by atoms with van der Waals surface area (Å²) in [6, 6.07) is 1.86. The maximum Gasteiger partial charge on any atom is 0.181 e. The molecule has 0 aliphatic heterocycles. The van der Waals surface area contributed by atoms with Crippen LogP contribution in [0.4, 0.5) is 5.13 Å². The number of ether oxygens (including phenoxy) is 1. The molecule has 0 aliphatic rings. The Kier molecular flexibility index (Phi) is 2.25. The number of aromatic nitrogens is 1. The lowest BCUT2D eigenvalue weighted by Crippen LogP contribution is -1.90. The lowest BCUT2D eigenvalue weighted by atomic mass is 10.2. The van der Waals surface area contributed by atoms with Gasteiger partial charge >= 0.3 is 0 Å². The molecular formula is C9H9ClN2OS. The van der Waals surface area contributed by atoms with Crippen molar-refractivity contribution >= 4 is 38.3 Å². The number of thiazole rings is 1. The highest BCUT2D eigenvalue weighted by molar-refractivity contribution is 7.22. The molecule has 14 heavy (non-hydrogen) atoms. The van der Waals surface area contributed by atoms with Crippen LogP contribution in [0.5, 0.6) is 5.75 Å². The molecule has 0 unspecified atom stereocenters. The van der Waals surface area contributed by atoms with Crippen molar-refractivity contribution in [1.82, 2.24) is 4.98 Å². The summed E-state index contributed by atoms with van der Waals surface area (Å²) in [5, 5.41) is 1.21. The van der Waals surface area contributed by atoms with Crippen LogP contribution >= 0.6 is 22.9 Å². The van der Waals surface area contributed by atoms with E-state index in [1.165, 1.54) is 11.3 Å². The predicted octanol–water partition coefficient (Wildman–Crippen LogP) is 2.85. The average Bonchev–Trinajstić information content (AvgIpc) is 2.47. The second-order valence-corrected chi connectivity index (χ2v) is 4.38. The number of nitrogen functional groups attached to an aromatic ring is 1. The molecule has 0 radical (unpaired) electrons. The second kappa shape index (κ2) is 3.29. The van der Waals surface area contributed by atoms with Gasteiger partial charge < -0.3 is 10.5 Å². The summed E-state index contributed by atoms with van der Waals surface area (Å²) in [5.74, 6) is 0.709. The van der Waals surface area contributed by atoms with E-state index in [0.717, 1.165) is 15.8 Å². The van der Waals surface area contributed by atoms with E-state index in [1.807, 2.05) is 13.0 Å². The first-order chi connectivity index (χ1) is 6.63. The van der Waals surface area contributed by atoms with Gasteiger partial charge in [0.05, 0.1) is 11.8 Å². The van der Waals surface area contributed by atoms with Crippen molar-refractivity contribution in [3.05, 3.63) is 16.7 Å². The van der Waals surface area contributed by atoms with Gasteiger partial charge in [-0.15, -0.1) is 0 Å². The number of nitrogens with two attached hydrogens (primary N) is 1. The molecule has 1 heterocycles. The normalized spacial score (nSPS) is 10.8. The zero-order valence-electron chi connectivity index (χ0n) is 7.80. The monoisotopic (exact) mass is 228 g/mol. The summed E-state index contributed by atoms with van der Waals surface area (Å²) in [5.41, 5.74) is 7.31. The first-order valence-electron chi connectivity index (χ1n) is 4.02. The lowest BCUT2D eigenvalue weighted by molar-refractivity contribution is 0.416. The van der Waals surface area contributed by atoms with Crippen LogP contribution in [0.25, 0.3) is 10.2 Å². The number of fused-ring (bicyclic) bond motifs is 1. The Bertz CT molecular complexity index is 495. The van der Waals surface area contributed by atoms with Gasteiger partial charge in [0.25, 0.3) is 0 Å². The third kappa shape index (κ3) is 1.31. The third-order valence-corrected chi connectivity index (χ3v) is 3.27. The van der Waals surface area contributed by atoms with Gasteiger partial charge in [0.15, 0.2) is 5.13 Å². The van der Waals surface area contributed by atoms with Crippen molar-refractivity contribution in [2.45, 2.75) is 6.92 Å². The molecule has 0 bridgehead atoms. The molecule has 5 heteroatoms. The van der Waals surface area contributed by atoms with Gasteiger partial charge in [-0.05, 0) is 13.0 Å². The number of hydrogen-bond acceptors (Lipinski definition) is 4. The van der Waals surface area contributed by atoms with Gasteiger partial charge in [0.2, 0.25) is 0 Å². The highest BCUT2D eigenvalue weighted by Gasteiger charge is 2.13. The molecule has 0 spiro atoms. The maximum atomic E-state index is 6.04. The number of nitrogens with zero attached hydrogens (tertiary/aromatic N) is 1. The Balaban J connectivity index is 2.87. The average molecular weight is 229 g/mol. The van der Waals surface area contributed by atoms with E-state index in [2.05, 4.69) is 4.98 Å². The summed E-state index contributed by atoms with van der Waals surface area (Å²) in [7, 11) is 1.60. The summed E-state index contributed by atoms with van der Waals surface area (Å²) >= 11 is 7.45. The topological polar surface area (TPSA) is 48.1 Å². The third-order valence-electron chi connectivity index (χ3n) is 2.05. The molecule has 0 aliphatic carbocycles. The van der Waals surface area contributed by atoms with Crippen molar-refractivity contribution in [3.63, 3.8) is 0 Å². The van der Waals surface area contributed by atoms with Crippen LogP contribution in [0, 0.1) is 6.92 Å². The standard InChI is InChI=1S/C9H9ClN2OS/c1-4-5(10)3-6-7(8(4)13-2)12-9(11)14-6/h3H,1-2H3,(H2,11,12). The number of methoxy groups -OCH3 is 1. The Morgan fingerprint density at radius 3 is 2.93 bits per heavy atom. The molecule has 1 aromatic heterocycles. The van der Waals surface area contributed by atoms with E-state index in [-0.39, 0.29) is 0 Å². The second-order valence-electron chi connectivity index (χ2n) is 2.92. The minimum Gasteiger partial charge on any atom is -0.494 e. The number of benzene rings is 1. The fraction of sp³-hybridized carbons (Fsp3) is 0.222. The summed E-state index contributed by atoms with van der Waals surface area (Å²) in [6.07, 6.45) is 0. The van der Waals surface area contributed by atoms with Gasteiger partial charge in [-0.3, -0.25) is 0 Å². The molecule has 74 valence electrons. The van der Waals surface area contributed by atoms with Gasteiger partial charge in [0, 0.05) is 10.6 Å². The van der Waals surface area contributed by atoms with Crippen molar-refractivity contribution in [3.8, 4) is 5.75 Å². The van der Waals surface area contributed by atoms with E-state index >= 15 is 0 Å². The van der Waals surface area contributed by atoms with Crippen molar-refractivity contribution < 1.29 is 4.74 Å². The largest absolute Gasteiger partial charge is 0.494 e. The Hall–Kier alpha value is -1.00. The molecule has 0 fully saturated rings. The molecule has 1 aromatic carbocycles. The van der Waals surface area contributed by atoms with E-state index in [0.29, 0.717) is 15.9 Å². The van der Waals surface area contributed by atoms with Crippen LogP contribution in [-0.2, 0) is 0 Å². The molecule has 0 atom stereocenters. The summed E-state index contributed by atoms with van der Waals surface area (Å²) < 4.78 is 6.21. The van der Waals surface area contributed by atoms with Gasteiger partial charge in [-0.25, -0.2) is 4.98 Å². The number of anilines is 1. The molecule has 2 aromatic rings. The fourth-order valence-electron chi connectivity index (χ4n) is 1.37. The molecule has 0 saturated heterocycles. The van der Waals surface area contributed by atoms with Crippen molar-refractivity contribution in [2.75, 3.05) is 12.8 Å². The first kappa shape index (κ1) is 9.55. The zero-order valence-corrected chi connectivity index (χ0v) is 9.37. The van der Waals surface area contributed by atoms with E-state index in [1.54, 1.807) is 7.11 Å². The minimum atomic E-state index is 0.528. The molecule has 2 rings (SSSR count). The highest BCUT2D eigenvalue weighted by atomic mass is 35.5. The van der Waals surface area contributed by atoms with E-state index in [9.17, 15) is 0 Å². The Morgan fingerprint density at radius 1 is 1.57 bits per heavy atom. The van der Waals surface area contributed by atoms with Gasteiger partial charge in [-0.1, -0.05) is 22.9 Å². The van der Waals surface area contributed by atoms with Crippen molar-refractivity contribution in [1.29, 1.82) is 0 Å². The van der Waals surface area contributed by atoms with Crippen LogP contribution < -0.4 is 10.5 Å². The summed E-state index contributed by atoms with van der Waals surface area (Å²) in [6.45, 7) is 1.90. The van der Waals surface area contributed by atoms with Crippen LogP contribution in [0.15, 0.2) is 6.07 Å². The molecule has 2 N–H and O–H groups in total. The number of hydrogen-bond donors (Lipinski definition) is 1. The van der Waals surface area contributed by atoms with E-state index < -0.39 is 0 Å². The highest BCUT2D eigenvalue weighted by Crippen LogP contribution is 2.37. The molecule has 0 saturated carbocycles. The lowest BCUT2D eigenvalue weighted by Gasteiger charge is -2.06. The van der Waals surface area contributed by atoms with Crippen molar-refractivity contribution in [2.24, 2.45) is 0 Å². The SMILES string of the molecule is COc1c(C)c(Cl)cc2sc(N)nc12. The number of rotatable bonds is 1. The summed E-state index contributed by atoms with van der Waals surface area (Å²) in [4.78, 5) is 4.20. The minimum absolute atomic E-state index is 0.528. The molecule has 3 nitrogen and oxygen atoms in total. The van der Waals surface area contributed by atoms with Crippen LogP contribution in [0.3, 0.4) is 0 Å². The first-order valence-corrected chi connectivity index (χ1v) is 5.22. The quantitative estimate of drug-likeness (QED) is 0.817.